The molecule has 0 aliphatic carbocycles. The van der Waals surface area contributed by atoms with E-state index in [4.69, 9.17) is 0 Å². The van der Waals surface area contributed by atoms with Crippen LogP contribution in [0.15, 0.2) is 42.9 Å². The molecule has 0 atom stereocenters. The lowest BCUT2D eigenvalue weighted by atomic mass is 9.97. The molecule has 0 saturated carbocycles. The van der Waals surface area contributed by atoms with Crippen molar-refractivity contribution in [2.45, 2.75) is 27.3 Å². The monoisotopic (exact) mass is 281 g/mol. The van der Waals surface area contributed by atoms with E-state index >= 15 is 0 Å². The van der Waals surface area contributed by atoms with Crippen molar-refractivity contribution < 1.29 is 0 Å². The van der Waals surface area contributed by atoms with Crippen molar-refractivity contribution in [3.8, 4) is 22.6 Å². The quantitative estimate of drug-likeness (QED) is 0.800. The van der Waals surface area contributed by atoms with Crippen molar-refractivity contribution in [3.05, 3.63) is 42.9 Å². The zero-order valence-corrected chi connectivity index (χ0v) is 12.5. The topological polar surface area (TPSA) is 59.4 Å². The average molecular weight is 281 g/mol. The van der Waals surface area contributed by atoms with Crippen molar-refractivity contribution >= 4 is 0 Å². The van der Waals surface area contributed by atoms with Crippen LogP contribution in [0, 0.1) is 5.41 Å². The fourth-order valence-electron chi connectivity index (χ4n) is 2.32. The molecule has 3 aromatic rings. The van der Waals surface area contributed by atoms with Crippen LogP contribution >= 0.6 is 0 Å². The van der Waals surface area contributed by atoms with Crippen LogP contribution < -0.4 is 0 Å². The summed E-state index contributed by atoms with van der Waals surface area (Å²) < 4.78 is 2.10. The summed E-state index contributed by atoms with van der Waals surface area (Å²) in [4.78, 5) is 4.47. The van der Waals surface area contributed by atoms with E-state index in [9.17, 15) is 0 Å². The molecule has 0 radical (unpaired) electrons. The van der Waals surface area contributed by atoms with E-state index in [1.54, 1.807) is 0 Å². The molecule has 0 aliphatic rings. The second-order valence-corrected chi connectivity index (χ2v) is 6.38. The van der Waals surface area contributed by atoms with E-state index in [0.29, 0.717) is 0 Å². The predicted molar refractivity (Wildman–Crippen MR) is 82.5 cm³/mol. The van der Waals surface area contributed by atoms with Crippen molar-refractivity contribution in [2.24, 2.45) is 5.41 Å². The molecular weight excluding hydrogens is 262 g/mol. The number of aromatic nitrogens is 5. The minimum Gasteiger partial charge on any atom is -0.336 e. The molecule has 2 heterocycles. The first kappa shape index (κ1) is 13.5. The largest absolute Gasteiger partial charge is 0.336 e. The van der Waals surface area contributed by atoms with Crippen LogP contribution in [0.2, 0.25) is 0 Å². The molecule has 2 aromatic heterocycles. The third kappa shape index (κ3) is 3.02. The van der Waals surface area contributed by atoms with Gasteiger partial charge in [-0.1, -0.05) is 51.1 Å². The number of rotatable bonds is 3. The number of aromatic amines is 1. The van der Waals surface area contributed by atoms with Gasteiger partial charge in [0, 0.05) is 18.3 Å². The number of hydrogen-bond donors (Lipinski definition) is 1. The van der Waals surface area contributed by atoms with Gasteiger partial charge in [-0.2, -0.15) is 15.4 Å². The molecule has 0 aliphatic heterocycles. The van der Waals surface area contributed by atoms with E-state index in [-0.39, 0.29) is 5.41 Å². The summed E-state index contributed by atoms with van der Waals surface area (Å²) in [5.41, 5.74) is 3.70. The number of benzene rings is 1. The smallest absolute Gasteiger partial charge is 0.140 e. The Balaban J connectivity index is 1.94. The number of imidazole rings is 1. The van der Waals surface area contributed by atoms with Gasteiger partial charge in [-0.25, -0.2) is 4.98 Å². The predicted octanol–water partition coefficient (Wildman–Crippen LogP) is 3.38. The first-order valence-corrected chi connectivity index (χ1v) is 7.01. The zero-order chi connectivity index (χ0) is 14.9. The molecule has 5 nitrogen and oxygen atoms in total. The Morgan fingerprint density at radius 3 is 2.48 bits per heavy atom. The summed E-state index contributed by atoms with van der Waals surface area (Å²) in [7, 11) is 0. The zero-order valence-electron chi connectivity index (χ0n) is 12.5. The van der Waals surface area contributed by atoms with E-state index in [1.807, 2.05) is 42.9 Å². The molecule has 0 saturated heterocycles. The molecule has 1 N–H and O–H groups in total. The van der Waals surface area contributed by atoms with Gasteiger partial charge in [0.1, 0.15) is 17.1 Å². The maximum absolute atomic E-state index is 4.47. The maximum atomic E-state index is 4.47. The molecule has 0 bridgehead atoms. The number of nitrogens with zero attached hydrogens (tertiary/aromatic N) is 4. The Bertz CT molecular complexity index is 718. The lowest BCUT2D eigenvalue weighted by Gasteiger charge is -2.18. The Morgan fingerprint density at radius 2 is 1.76 bits per heavy atom. The SMILES string of the molecule is CC(C)(C)Cn1cnc(-c2n[nH]nc2-c2ccccc2)c1. The summed E-state index contributed by atoms with van der Waals surface area (Å²) in [6.07, 6.45) is 3.87. The Labute approximate surface area is 124 Å². The highest BCUT2D eigenvalue weighted by Crippen LogP contribution is 2.27. The third-order valence-corrected chi connectivity index (χ3v) is 3.13. The normalized spacial score (nSPS) is 11.8. The van der Waals surface area contributed by atoms with Gasteiger partial charge in [0.2, 0.25) is 0 Å². The van der Waals surface area contributed by atoms with Crippen LogP contribution in [0.3, 0.4) is 0 Å². The van der Waals surface area contributed by atoms with Gasteiger partial charge >= 0.3 is 0 Å². The highest BCUT2D eigenvalue weighted by Gasteiger charge is 2.16. The molecule has 3 rings (SSSR count). The molecule has 5 heteroatoms. The van der Waals surface area contributed by atoms with E-state index in [0.717, 1.165) is 29.2 Å². The molecular formula is C16H19N5. The van der Waals surface area contributed by atoms with Gasteiger partial charge in [-0.05, 0) is 5.41 Å². The van der Waals surface area contributed by atoms with Crippen LogP contribution in [0.25, 0.3) is 22.6 Å². The van der Waals surface area contributed by atoms with Gasteiger partial charge in [-0.15, -0.1) is 0 Å². The lowest BCUT2D eigenvalue weighted by molar-refractivity contribution is 0.343. The molecule has 108 valence electrons. The third-order valence-electron chi connectivity index (χ3n) is 3.13. The minimum absolute atomic E-state index is 0.212. The first-order chi connectivity index (χ1) is 10.0. The van der Waals surface area contributed by atoms with Crippen molar-refractivity contribution in [1.29, 1.82) is 0 Å². The average Bonchev–Trinajstić information content (AvgIpc) is 3.06. The summed E-state index contributed by atoms with van der Waals surface area (Å²) in [6, 6.07) is 10.0. The van der Waals surface area contributed by atoms with Gasteiger partial charge in [0.05, 0.1) is 6.33 Å². The van der Waals surface area contributed by atoms with Crippen LogP contribution in [0.1, 0.15) is 20.8 Å². The summed E-state index contributed by atoms with van der Waals surface area (Å²) >= 11 is 0. The van der Waals surface area contributed by atoms with Crippen LogP contribution in [0.4, 0.5) is 0 Å². The van der Waals surface area contributed by atoms with Crippen molar-refractivity contribution in [1.82, 2.24) is 25.0 Å². The van der Waals surface area contributed by atoms with Crippen molar-refractivity contribution in [2.75, 3.05) is 0 Å². The van der Waals surface area contributed by atoms with Gasteiger partial charge in [-0.3, -0.25) is 0 Å². The lowest BCUT2D eigenvalue weighted by Crippen LogP contribution is -2.13. The molecule has 0 spiro atoms. The summed E-state index contributed by atoms with van der Waals surface area (Å²) in [5.74, 6) is 0. The molecule has 0 unspecified atom stereocenters. The molecule has 21 heavy (non-hydrogen) atoms. The second-order valence-electron chi connectivity index (χ2n) is 6.38. The van der Waals surface area contributed by atoms with Gasteiger partial charge < -0.3 is 4.57 Å². The Kier molecular flexibility index (Phi) is 3.33. The molecule has 0 amide bonds. The highest BCUT2D eigenvalue weighted by molar-refractivity contribution is 5.75. The molecule has 0 fully saturated rings. The van der Waals surface area contributed by atoms with Gasteiger partial charge in [0.15, 0.2) is 0 Å². The number of nitrogens with one attached hydrogen (secondary N) is 1. The van der Waals surface area contributed by atoms with Gasteiger partial charge in [0.25, 0.3) is 0 Å². The standard InChI is InChI=1S/C16H19N5/c1-16(2,3)10-21-9-13(17-11-21)15-14(18-20-19-15)12-7-5-4-6-8-12/h4-9,11H,10H2,1-3H3,(H,18,19,20). The van der Waals surface area contributed by atoms with Crippen LogP contribution in [-0.2, 0) is 6.54 Å². The van der Waals surface area contributed by atoms with Crippen LogP contribution in [0.5, 0.6) is 0 Å². The van der Waals surface area contributed by atoms with E-state index in [1.165, 1.54) is 0 Å². The minimum atomic E-state index is 0.212. The number of hydrogen-bond acceptors (Lipinski definition) is 3. The Hall–Kier alpha value is -2.43. The fourth-order valence-corrected chi connectivity index (χ4v) is 2.32. The number of H-pyrrole nitrogens is 1. The van der Waals surface area contributed by atoms with E-state index < -0.39 is 0 Å². The maximum Gasteiger partial charge on any atom is 0.140 e. The highest BCUT2D eigenvalue weighted by atomic mass is 15.3. The summed E-state index contributed by atoms with van der Waals surface area (Å²) in [6.45, 7) is 7.53. The fraction of sp³-hybridized carbons (Fsp3) is 0.312. The molecule has 1 aromatic carbocycles. The summed E-state index contributed by atoms with van der Waals surface area (Å²) in [5, 5.41) is 11.2. The Morgan fingerprint density at radius 1 is 1.05 bits per heavy atom. The van der Waals surface area contributed by atoms with E-state index in [2.05, 4.69) is 45.7 Å². The first-order valence-electron chi connectivity index (χ1n) is 7.01. The van der Waals surface area contributed by atoms with Crippen LogP contribution in [-0.4, -0.2) is 25.0 Å². The second kappa shape index (κ2) is 5.16. The van der Waals surface area contributed by atoms with Crippen molar-refractivity contribution in [3.63, 3.8) is 0 Å².